The van der Waals surface area contributed by atoms with Gasteiger partial charge in [0.05, 0.1) is 12.7 Å². The van der Waals surface area contributed by atoms with Crippen molar-refractivity contribution in [1.82, 2.24) is 24.6 Å². The molecule has 0 aliphatic carbocycles. The Morgan fingerprint density at radius 1 is 1.27 bits per heavy atom. The zero-order valence-electron chi connectivity index (χ0n) is 15.1. The first kappa shape index (κ1) is 16.5. The quantitative estimate of drug-likeness (QED) is 0.725. The highest BCUT2D eigenvalue weighted by Gasteiger charge is 2.30. The maximum absolute atomic E-state index is 12.8. The molecule has 0 aromatic carbocycles. The van der Waals surface area contributed by atoms with Gasteiger partial charge in [0.25, 0.3) is 5.91 Å². The van der Waals surface area contributed by atoms with Crippen LogP contribution < -0.4 is 0 Å². The molecule has 1 aliphatic rings. The molecule has 26 heavy (non-hydrogen) atoms. The van der Waals surface area contributed by atoms with Crippen molar-refractivity contribution in [3.63, 3.8) is 0 Å². The number of pyridine rings is 1. The number of aromatic nitrogens is 4. The number of aryl methyl sites for hydroxylation is 1. The van der Waals surface area contributed by atoms with Crippen LogP contribution in [-0.4, -0.2) is 37.1 Å². The minimum Gasteiger partial charge on any atom is -0.440 e. The van der Waals surface area contributed by atoms with Crippen LogP contribution in [0.5, 0.6) is 0 Å². The first-order chi connectivity index (χ1) is 12.5. The van der Waals surface area contributed by atoms with Crippen molar-refractivity contribution in [1.29, 1.82) is 0 Å². The number of nitrogens with zero attached hydrogens (tertiary/aromatic N) is 5. The maximum atomic E-state index is 12.8. The number of hydrogen-bond acceptors (Lipinski definition) is 5. The van der Waals surface area contributed by atoms with Gasteiger partial charge < -0.3 is 9.32 Å². The van der Waals surface area contributed by atoms with Crippen molar-refractivity contribution >= 4 is 5.91 Å². The van der Waals surface area contributed by atoms with Gasteiger partial charge in [0.2, 0.25) is 5.89 Å². The third kappa shape index (κ3) is 2.79. The zero-order valence-corrected chi connectivity index (χ0v) is 15.1. The molecule has 0 radical (unpaired) electrons. The van der Waals surface area contributed by atoms with E-state index in [9.17, 15) is 4.79 Å². The highest BCUT2D eigenvalue weighted by Crippen LogP contribution is 2.32. The highest BCUT2D eigenvalue weighted by atomic mass is 16.4. The predicted octanol–water partition coefficient (Wildman–Crippen LogP) is 3.02. The molecule has 1 amide bonds. The Morgan fingerprint density at radius 2 is 2.04 bits per heavy atom. The summed E-state index contributed by atoms with van der Waals surface area (Å²) in [4.78, 5) is 23.0. The van der Waals surface area contributed by atoms with Crippen LogP contribution in [-0.2, 0) is 13.0 Å². The molecule has 4 rings (SSSR count). The van der Waals surface area contributed by atoms with Gasteiger partial charge in [-0.25, -0.2) is 4.98 Å². The molecule has 0 unspecified atom stereocenters. The molecule has 134 valence electrons. The van der Waals surface area contributed by atoms with Crippen LogP contribution in [0.1, 0.15) is 47.3 Å². The molecule has 3 aromatic rings. The normalized spacial score (nSPS) is 13.9. The Bertz CT molecular complexity index is 942. The number of carbonyl (C=O) groups excluding carboxylic acids is 1. The Hall–Kier alpha value is -2.96. The second-order valence-corrected chi connectivity index (χ2v) is 6.80. The van der Waals surface area contributed by atoms with Crippen LogP contribution in [0.4, 0.5) is 0 Å². The molecular formula is C19H21N5O2. The summed E-state index contributed by atoms with van der Waals surface area (Å²) in [7, 11) is 0. The molecule has 7 heteroatoms. The summed E-state index contributed by atoms with van der Waals surface area (Å²) < 4.78 is 7.74. The maximum Gasteiger partial charge on any atom is 0.254 e. The van der Waals surface area contributed by atoms with E-state index >= 15 is 0 Å². The van der Waals surface area contributed by atoms with Crippen molar-refractivity contribution in [3.05, 3.63) is 53.3 Å². The minimum absolute atomic E-state index is 0.00452. The van der Waals surface area contributed by atoms with E-state index in [-0.39, 0.29) is 11.9 Å². The molecule has 4 heterocycles. The third-order valence-corrected chi connectivity index (χ3v) is 4.61. The molecule has 0 saturated carbocycles. The van der Waals surface area contributed by atoms with Gasteiger partial charge in [0.1, 0.15) is 5.76 Å². The second-order valence-electron chi connectivity index (χ2n) is 6.80. The summed E-state index contributed by atoms with van der Waals surface area (Å²) in [5.41, 5.74) is 3.56. The Morgan fingerprint density at radius 3 is 2.69 bits per heavy atom. The lowest BCUT2D eigenvalue weighted by atomic mass is 10.0. The molecule has 0 N–H and O–H groups in total. The summed E-state index contributed by atoms with van der Waals surface area (Å²) in [6.45, 7) is 7.23. The molecule has 0 atom stereocenters. The van der Waals surface area contributed by atoms with Gasteiger partial charge in [-0.05, 0) is 32.9 Å². The van der Waals surface area contributed by atoms with Gasteiger partial charge in [0, 0.05) is 48.2 Å². The fourth-order valence-electron chi connectivity index (χ4n) is 3.36. The van der Waals surface area contributed by atoms with Gasteiger partial charge in [-0.2, -0.15) is 5.10 Å². The van der Waals surface area contributed by atoms with E-state index in [0.29, 0.717) is 24.5 Å². The molecule has 0 fully saturated rings. The van der Waals surface area contributed by atoms with Crippen molar-refractivity contribution in [2.24, 2.45) is 0 Å². The first-order valence-corrected chi connectivity index (χ1v) is 8.77. The minimum atomic E-state index is 0.00452. The number of rotatable bonds is 3. The zero-order chi connectivity index (χ0) is 18.3. The fourth-order valence-corrected chi connectivity index (χ4v) is 3.36. The van der Waals surface area contributed by atoms with Crippen LogP contribution in [0.2, 0.25) is 0 Å². The number of fused-ring (bicyclic) bond motifs is 1. The van der Waals surface area contributed by atoms with E-state index in [1.165, 1.54) is 0 Å². The molecule has 0 bridgehead atoms. The fraction of sp³-hybridized carbons (Fsp3) is 0.368. The summed E-state index contributed by atoms with van der Waals surface area (Å²) in [6, 6.07) is 3.72. The van der Waals surface area contributed by atoms with E-state index in [0.717, 1.165) is 29.1 Å². The molecule has 0 saturated heterocycles. The van der Waals surface area contributed by atoms with Crippen molar-refractivity contribution in [3.8, 4) is 11.6 Å². The van der Waals surface area contributed by atoms with Gasteiger partial charge in [-0.15, -0.1) is 0 Å². The van der Waals surface area contributed by atoms with Gasteiger partial charge in [-0.1, -0.05) is 0 Å². The Kier molecular flexibility index (Phi) is 4.06. The molecule has 7 nitrogen and oxygen atoms in total. The Labute approximate surface area is 151 Å². The summed E-state index contributed by atoms with van der Waals surface area (Å²) in [6.07, 6.45) is 5.73. The third-order valence-electron chi connectivity index (χ3n) is 4.61. The second kappa shape index (κ2) is 6.40. The highest BCUT2D eigenvalue weighted by molar-refractivity contribution is 5.94. The van der Waals surface area contributed by atoms with E-state index in [1.54, 1.807) is 30.7 Å². The van der Waals surface area contributed by atoms with E-state index in [2.05, 4.69) is 23.8 Å². The summed E-state index contributed by atoms with van der Waals surface area (Å²) in [5, 5.41) is 4.75. The monoisotopic (exact) mass is 351 g/mol. The topological polar surface area (TPSA) is 77.1 Å². The SMILES string of the molecule is Cc1cnc(-c2nn(C(C)C)c3c2CN(C(=O)c2ccncc2)CC3)o1. The van der Waals surface area contributed by atoms with E-state index < -0.39 is 0 Å². The van der Waals surface area contributed by atoms with Crippen molar-refractivity contribution in [2.45, 2.75) is 39.8 Å². The lowest BCUT2D eigenvalue weighted by Gasteiger charge is -2.28. The molecule has 1 aliphatic heterocycles. The number of hydrogen-bond donors (Lipinski definition) is 0. The van der Waals surface area contributed by atoms with Crippen molar-refractivity contribution in [2.75, 3.05) is 6.54 Å². The van der Waals surface area contributed by atoms with Crippen LogP contribution in [0.3, 0.4) is 0 Å². The molecule has 3 aromatic heterocycles. The summed E-state index contributed by atoms with van der Waals surface area (Å²) in [5.74, 6) is 1.26. The summed E-state index contributed by atoms with van der Waals surface area (Å²) >= 11 is 0. The average Bonchev–Trinajstić information content (AvgIpc) is 3.24. The number of amides is 1. The number of oxazole rings is 1. The van der Waals surface area contributed by atoms with Gasteiger partial charge in [0.15, 0.2) is 5.69 Å². The average molecular weight is 351 g/mol. The lowest BCUT2D eigenvalue weighted by Crippen LogP contribution is -2.36. The standard InChI is InChI=1S/C19H21N5O2/c1-12(2)24-16-6-9-23(19(25)14-4-7-20-8-5-14)11-15(16)17(22-24)18-21-10-13(3)26-18/h4-5,7-8,10,12H,6,9,11H2,1-3H3. The van der Waals surface area contributed by atoms with Crippen molar-refractivity contribution < 1.29 is 9.21 Å². The largest absolute Gasteiger partial charge is 0.440 e. The van der Waals surface area contributed by atoms with Gasteiger partial charge >= 0.3 is 0 Å². The van der Waals surface area contributed by atoms with Crippen LogP contribution in [0.25, 0.3) is 11.6 Å². The smallest absolute Gasteiger partial charge is 0.254 e. The Balaban J connectivity index is 1.72. The van der Waals surface area contributed by atoms with Crippen LogP contribution in [0, 0.1) is 6.92 Å². The van der Waals surface area contributed by atoms with E-state index in [1.807, 2.05) is 16.5 Å². The van der Waals surface area contributed by atoms with Crippen LogP contribution >= 0.6 is 0 Å². The molecular weight excluding hydrogens is 330 g/mol. The van der Waals surface area contributed by atoms with E-state index in [4.69, 9.17) is 9.52 Å². The van der Waals surface area contributed by atoms with Gasteiger partial charge in [-0.3, -0.25) is 14.5 Å². The molecule has 0 spiro atoms. The lowest BCUT2D eigenvalue weighted by molar-refractivity contribution is 0.0733. The predicted molar refractivity (Wildman–Crippen MR) is 95.5 cm³/mol. The number of carbonyl (C=O) groups is 1. The van der Waals surface area contributed by atoms with Crippen LogP contribution in [0.15, 0.2) is 35.1 Å². The first-order valence-electron chi connectivity index (χ1n) is 8.77.